The molecule has 1 aliphatic carbocycles. The van der Waals surface area contributed by atoms with Crippen molar-refractivity contribution in [2.45, 2.75) is 76.3 Å². The van der Waals surface area contributed by atoms with Gasteiger partial charge in [-0.2, -0.15) is 0 Å². The van der Waals surface area contributed by atoms with Crippen LogP contribution in [0.15, 0.2) is 12.2 Å². The molecule has 0 saturated heterocycles. The number of hydrogen-bond acceptors (Lipinski definition) is 4. The van der Waals surface area contributed by atoms with E-state index >= 15 is 0 Å². The molecule has 0 aromatic carbocycles. The van der Waals surface area contributed by atoms with Gasteiger partial charge in [0.1, 0.15) is 0 Å². The first-order valence-electron chi connectivity index (χ1n) is 7.02. The Labute approximate surface area is 115 Å². The lowest BCUT2D eigenvalue weighted by Gasteiger charge is -2.38. The van der Waals surface area contributed by atoms with Gasteiger partial charge in [-0.25, -0.2) is 0 Å². The van der Waals surface area contributed by atoms with Crippen LogP contribution in [0.3, 0.4) is 0 Å². The number of rotatable bonds is 5. The van der Waals surface area contributed by atoms with Gasteiger partial charge in [-0.15, -0.1) is 0 Å². The van der Waals surface area contributed by atoms with E-state index < -0.39 is 23.4 Å². The average Bonchev–Trinajstić information content (AvgIpc) is 2.27. The fourth-order valence-corrected chi connectivity index (χ4v) is 2.52. The molecule has 0 bridgehead atoms. The summed E-state index contributed by atoms with van der Waals surface area (Å²) in [5, 5.41) is 39.3. The zero-order valence-electron chi connectivity index (χ0n) is 12.3. The van der Waals surface area contributed by atoms with E-state index in [0.29, 0.717) is 25.7 Å². The van der Waals surface area contributed by atoms with E-state index in [1.54, 1.807) is 20.8 Å². The first-order valence-corrected chi connectivity index (χ1v) is 7.02. The molecule has 4 nitrogen and oxygen atoms in total. The Balaban J connectivity index is 2.44. The molecule has 1 aliphatic rings. The fourth-order valence-electron chi connectivity index (χ4n) is 2.52. The highest BCUT2D eigenvalue weighted by Gasteiger charge is 2.38. The molecule has 0 radical (unpaired) electrons. The maximum Gasteiger partial charge on any atom is 0.0877 e. The molecular weight excluding hydrogens is 244 g/mol. The highest BCUT2D eigenvalue weighted by molar-refractivity contribution is 5.06. The van der Waals surface area contributed by atoms with E-state index in [9.17, 15) is 20.4 Å². The van der Waals surface area contributed by atoms with Crippen molar-refractivity contribution in [3.63, 3.8) is 0 Å². The molecule has 0 heterocycles. The molecule has 4 heteroatoms. The molecule has 1 fully saturated rings. The molecule has 1 rings (SSSR count). The van der Waals surface area contributed by atoms with E-state index in [1.165, 1.54) is 0 Å². The van der Waals surface area contributed by atoms with Crippen LogP contribution in [0.5, 0.6) is 0 Å². The molecule has 0 aromatic rings. The minimum atomic E-state index is -1.10. The van der Waals surface area contributed by atoms with Crippen LogP contribution in [0.1, 0.15) is 52.9 Å². The summed E-state index contributed by atoms with van der Waals surface area (Å²) in [6, 6.07) is 0. The van der Waals surface area contributed by atoms with Crippen LogP contribution in [-0.4, -0.2) is 43.8 Å². The lowest BCUT2D eigenvalue weighted by Crippen LogP contribution is -2.44. The topological polar surface area (TPSA) is 80.9 Å². The quantitative estimate of drug-likeness (QED) is 0.570. The maximum atomic E-state index is 9.91. The molecule has 0 amide bonds. The highest BCUT2D eigenvalue weighted by atomic mass is 16.3. The van der Waals surface area contributed by atoms with Crippen molar-refractivity contribution >= 4 is 0 Å². The van der Waals surface area contributed by atoms with Crippen molar-refractivity contribution < 1.29 is 20.4 Å². The Bertz CT molecular complexity index is 317. The Morgan fingerprint density at radius 1 is 1.47 bits per heavy atom. The minimum Gasteiger partial charge on any atom is -0.390 e. The Kier molecular flexibility index (Phi) is 5.18. The van der Waals surface area contributed by atoms with Gasteiger partial charge < -0.3 is 20.4 Å². The summed E-state index contributed by atoms with van der Waals surface area (Å²) in [6.45, 7) is 8.86. The number of allylic oxidation sites excluding steroid dienone is 1. The molecule has 0 aromatic heterocycles. The van der Waals surface area contributed by atoms with E-state index in [4.69, 9.17) is 0 Å². The molecule has 4 atom stereocenters. The maximum absolute atomic E-state index is 9.91. The number of aliphatic hydroxyl groups excluding tert-OH is 2. The highest BCUT2D eigenvalue weighted by Crippen LogP contribution is 2.37. The Morgan fingerprint density at radius 2 is 2.05 bits per heavy atom. The first kappa shape index (κ1) is 16.6. The average molecular weight is 272 g/mol. The van der Waals surface area contributed by atoms with E-state index in [2.05, 4.69) is 6.58 Å². The molecular formula is C15H28O4. The second-order valence-corrected chi connectivity index (χ2v) is 6.71. The second-order valence-electron chi connectivity index (χ2n) is 6.71. The van der Waals surface area contributed by atoms with Crippen LogP contribution in [0, 0.1) is 5.92 Å². The molecule has 1 unspecified atom stereocenters. The predicted molar refractivity (Wildman–Crippen MR) is 74.7 cm³/mol. The second kappa shape index (κ2) is 5.92. The summed E-state index contributed by atoms with van der Waals surface area (Å²) in [4.78, 5) is 0. The standard InChI is InChI=1S/C15H28O4/c1-10(5-6-12(16)14(2,3)18)11-7-8-15(4,19)13(17)9-11/h11-13,16-19H,1,5-9H2,2-4H3/t11-,12?,13+,15+/m0/s1. The molecule has 19 heavy (non-hydrogen) atoms. The smallest absolute Gasteiger partial charge is 0.0877 e. The van der Waals surface area contributed by atoms with Crippen molar-refractivity contribution in [1.82, 2.24) is 0 Å². The van der Waals surface area contributed by atoms with Crippen molar-refractivity contribution in [1.29, 1.82) is 0 Å². The van der Waals surface area contributed by atoms with Gasteiger partial charge in [-0.3, -0.25) is 0 Å². The van der Waals surface area contributed by atoms with Gasteiger partial charge in [-0.05, 0) is 58.8 Å². The Morgan fingerprint density at radius 3 is 2.53 bits per heavy atom. The van der Waals surface area contributed by atoms with Gasteiger partial charge in [0.15, 0.2) is 0 Å². The van der Waals surface area contributed by atoms with Crippen LogP contribution in [-0.2, 0) is 0 Å². The van der Waals surface area contributed by atoms with Gasteiger partial charge in [0.2, 0.25) is 0 Å². The molecule has 1 saturated carbocycles. The summed E-state index contributed by atoms with van der Waals surface area (Å²) in [5.41, 5.74) is -1.11. The summed E-state index contributed by atoms with van der Waals surface area (Å²) in [6.07, 6.45) is 1.48. The van der Waals surface area contributed by atoms with E-state index in [1.807, 2.05) is 0 Å². The third kappa shape index (κ3) is 4.56. The van der Waals surface area contributed by atoms with Crippen molar-refractivity contribution in [3.8, 4) is 0 Å². The number of aliphatic hydroxyl groups is 4. The zero-order valence-corrected chi connectivity index (χ0v) is 12.3. The fraction of sp³-hybridized carbons (Fsp3) is 0.867. The molecule has 4 N–H and O–H groups in total. The van der Waals surface area contributed by atoms with Crippen LogP contribution in [0.25, 0.3) is 0 Å². The lowest BCUT2D eigenvalue weighted by atomic mass is 9.74. The van der Waals surface area contributed by atoms with Gasteiger partial charge in [0.05, 0.1) is 23.4 Å². The molecule has 0 aliphatic heterocycles. The summed E-state index contributed by atoms with van der Waals surface area (Å²) in [5.74, 6) is 0.184. The summed E-state index contributed by atoms with van der Waals surface area (Å²) >= 11 is 0. The van der Waals surface area contributed by atoms with Gasteiger partial charge in [0, 0.05) is 0 Å². The van der Waals surface area contributed by atoms with Gasteiger partial charge in [0.25, 0.3) is 0 Å². The van der Waals surface area contributed by atoms with Crippen molar-refractivity contribution in [2.24, 2.45) is 5.92 Å². The SMILES string of the molecule is C=C(CCC(O)C(C)(C)O)[C@H]1CC[C@@](C)(O)[C@H](O)C1. The zero-order chi connectivity index (χ0) is 14.8. The monoisotopic (exact) mass is 272 g/mol. The van der Waals surface area contributed by atoms with Crippen LogP contribution in [0.2, 0.25) is 0 Å². The Hall–Kier alpha value is -0.420. The lowest BCUT2D eigenvalue weighted by molar-refractivity contribution is -0.0958. The van der Waals surface area contributed by atoms with E-state index in [0.717, 1.165) is 12.0 Å². The van der Waals surface area contributed by atoms with Crippen LogP contribution >= 0.6 is 0 Å². The molecule has 0 spiro atoms. The van der Waals surface area contributed by atoms with Crippen molar-refractivity contribution in [3.05, 3.63) is 12.2 Å². The van der Waals surface area contributed by atoms with Crippen LogP contribution in [0.4, 0.5) is 0 Å². The van der Waals surface area contributed by atoms with Gasteiger partial charge in [-0.1, -0.05) is 12.2 Å². The van der Waals surface area contributed by atoms with Gasteiger partial charge >= 0.3 is 0 Å². The summed E-state index contributed by atoms with van der Waals surface area (Å²) in [7, 11) is 0. The van der Waals surface area contributed by atoms with Crippen molar-refractivity contribution in [2.75, 3.05) is 0 Å². The normalized spacial score (nSPS) is 34.1. The first-order chi connectivity index (χ1) is 8.54. The third-order valence-corrected chi connectivity index (χ3v) is 4.36. The number of hydrogen-bond donors (Lipinski definition) is 4. The minimum absolute atomic E-state index is 0.184. The largest absolute Gasteiger partial charge is 0.390 e. The molecule has 112 valence electrons. The van der Waals surface area contributed by atoms with Crippen LogP contribution < -0.4 is 0 Å². The summed E-state index contributed by atoms with van der Waals surface area (Å²) < 4.78 is 0. The third-order valence-electron chi connectivity index (χ3n) is 4.36. The van der Waals surface area contributed by atoms with E-state index in [-0.39, 0.29) is 5.92 Å². The predicted octanol–water partition coefficient (Wildman–Crippen LogP) is 1.37.